The van der Waals surface area contributed by atoms with Gasteiger partial charge in [-0.05, 0) is 36.0 Å². The standard InChI is InChI=1S/C12H8N2O4S/c15-10-7(11(16)14-12(19)13-10)3-6-1-2-8-9(4-6)18-5-17-8/h1-4H,5H2,(H2,13,14,15,16,19). The predicted molar refractivity (Wildman–Crippen MR) is 69.4 cm³/mol. The largest absolute Gasteiger partial charge is 0.454 e. The van der Waals surface area contributed by atoms with E-state index in [9.17, 15) is 9.59 Å². The maximum atomic E-state index is 11.7. The molecule has 2 N–H and O–H groups in total. The van der Waals surface area contributed by atoms with Crippen molar-refractivity contribution in [3.05, 3.63) is 29.3 Å². The molecule has 0 bridgehead atoms. The fourth-order valence-corrected chi connectivity index (χ4v) is 1.96. The Morgan fingerprint density at radius 2 is 1.79 bits per heavy atom. The Balaban J connectivity index is 1.94. The van der Waals surface area contributed by atoms with E-state index in [4.69, 9.17) is 21.7 Å². The van der Waals surface area contributed by atoms with Crippen molar-refractivity contribution < 1.29 is 19.1 Å². The molecule has 0 radical (unpaired) electrons. The van der Waals surface area contributed by atoms with Crippen LogP contribution in [0.5, 0.6) is 11.5 Å². The van der Waals surface area contributed by atoms with Crippen LogP contribution >= 0.6 is 12.2 Å². The molecule has 0 atom stereocenters. The highest BCUT2D eigenvalue weighted by molar-refractivity contribution is 7.80. The van der Waals surface area contributed by atoms with E-state index in [0.717, 1.165) is 0 Å². The van der Waals surface area contributed by atoms with Crippen molar-refractivity contribution in [3.63, 3.8) is 0 Å². The molecule has 7 heteroatoms. The van der Waals surface area contributed by atoms with Crippen molar-refractivity contribution in [1.82, 2.24) is 10.6 Å². The molecule has 0 aliphatic carbocycles. The molecule has 0 unspecified atom stereocenters. The van der Waals surface area contributed by atoms with E-state index in [2.05, 4.69) is 10.6 Å². The van der Waals surface area contributed by atoms with Gasteiger partial charge in [0.1, 0.15) is 5.57 Å². The first-order valence-electron chi connectivity index (χ1n) is 5.41. The Labute approximate surface area is 113 Å². The molecule has 1 aromatic carbocycles. The van der Waals surface area contributed by atoms with Gasteiger partial charge in [0.25, 0.3) is 11.8 Å². The molecule has 96 valence electrons. The summed E-state index contributed by atoms with van der Waals surface area (Å²) in [6.07, 6.45) is 1.47. The number of hydrogen-bond acceptors (Lipinski definition) is 5. The number of carbonyl (C=O) groups excluding carboxylic acids is 2. The van der Waals surface area contributed by atoms with E-state index in [1.807, 2.05) is 0 Å². The monoisotopic (exact) mass is 276 g/mol. The fraction of sp³-hybridized carbons (Fsp3) is 0.0833. The number of nitrogens with one attached hydrogen (secondary N) is 2. The number of ether oxygens (including phenoxy) is 2. The Morgan fingerprint density at radius 1 is 1.11 bits per heavy atom. The van der Waals surface area contributed by atoms with E-state index in [1.165, 1.54) is 6.08 Å². The second-order valence-corrected chi connectivity index (χ2v) is 4.32. The van der Waals surface area contributed by atoms with Crippen molar-refractivity contribution in [2.75, 3.05) is 6.79 Å². The number of carbonyl (C=O) groups is 2. The number of thiocarbonyl (C=S) groups is 1. The zero-order chi connectivity index (χ0) is 13.4. The highest BCUT2D eigenvalue weighted by atomic mass is 32.1. The fourth-order valence-electron chi connectivity index (χ4n) is 1.78. The minimum atomic E-state index is -0.522. The average Bonchev–Trinajstić information content (AvgIpc) is 2.81. The summed E-state index contributed by atoms with van der Waals surface area (Å²) in [7, 11) is 0. The van der Waals surface area contributed by atoms with Crippen LogP contribution in [0, 0.1) is 0 Å². The summed E-state index contributed by atoms with van der Waals surface area (Å²) in [5.41, 5.74) is 0.657. The summed E-state index contributed by atoms with van der Waals surface area (Å²) in [4.78, 5) is 23.3. The first-order valence-corrected chi connectivity index (χ1v) is 5.82. The Morgan fingerprint density at radius 3 is 2.53 bits per heavy atom. The molecule has 0 spiro atoms. The Bertz CT molecular complexity index is 617. The van der Waals surface area contributed by atoms with Crippen LogP contribution in [0.2, 0.25) is 0 Å². The van der Waals surface area contributed by atoms with Crippen LogP contribution in [0.25, 0.3) is 6.08 Å². The van der Waals surface area contributed by atoms with E-state index in [1.54, 1.807) is 18.2 Å². The lowest BCUT2D eigenvalue weighted by Crippen LogP contribution is -2.51. The molecule has 3 rings (SSSR count). The summed E-state index contributed by atoms with van der Waals surface area (Å²) in [5, 5.41) is 4.75. The topological polar surface area (TPSA) is 76.7 Å². The average molecular weight is 276 g/mol. The quantitative estimate of drug-likeness (QED) is 0.439. The SMILES string of the molecule is O=C1NC(=S)NC(=O)C1=Cc1ccc2c(c1)OCO2. The van der Waals surface area contributed by atoms with E-state index < -0.39 is 11.8 Å². The van der Waals surface area contributed by atoms with Crippen LogP contribution in [-0.2, 0) is 9.59 Å². The van der Waals surface area contributed by atoms with E-state index in [0.29, 0.717) is 17.1 Å². The van der Waals surface area contributed by atoms with Crippen molar-refractivity contribution in [2.24, 2.45) is 0 Å². The minimum Gasteiger partial charge on any atom is -0.454 e. The van der Waals surface area contributed by atoms with Gasteiger partial charge >= 0.3 is 0 Å². The summed E-state index contributed by atoms with van der Waals surface area (Å²) in [5.74, 6) is 0.181. The van der Waals surface area contributed by atoms with Crippen LogP contribution in [0.15, 0.2) is 23.8 Å². The highest BCUT2D eigenvalue weighted by Gasteiger charge is 2.25. The van der Waals surface area contributed by atoms with Crippen molar-refractivity contribution >= 4 is 35.2 Å². The zero-order valence-electron chi connectivity index (χ0n) is 9.56. The first kappa shape index (κ1) is 11.7. The van der Waals surface area contributed by atoms with Gasteiger partial charge in [-0.2, -0.15) is 0 Å². The molecule has 1 aromatic rings. The lowest BCUT2D eigenvalue weighted by molar-refractivity contribution is -0.123. The Hall–Kier alpha value is -2.41. The predicted octanol–water partition coefficient (Wildman–Crippen LogP) is 0.330. The molecule has 6 nitrogen and oxygen atoms in total. The van der Waals surface area contributed by atoms with Crippen LogP contribution in [0.4, 0.5) is 0 Å². The van der Waals surface area contributed by atoms with Crippen LogP contribution in [-0.4, -0.2) is 23.7 Å². The number of benzene rings is 1. The molecular weight excluding hydrogens is 268 g/mol. The van der Waals surface area contributed by atoms with Crippen molar-refractivity contribution in [3.8, 4) is 11.5 Å². The summed E-state index contributed by atoms with van der Waals surface area (Å²) in [6.45, 7) is 0.171. The summed E-state index contributed by atoms with van der Waals surface area (Å²) in [6, 6.07) is 5.15. The summed E-state index contributed by atoms with van der Waals surface area (Å²) < 4.78 is 10.4. The van der Waals surface area contributed by atoms with Gasteiger partial charge in [-0.3, -0.25) is 20.2 Å². The van der Waals surface area contributed by atoms with Crippen LogP contribution in [0.3, 0.4) is 0 Å². The van der Waals surface area contributed by atoms with E-state index in [-0.39, 0.29) is 17.5 Å². The number of rotatable bonds is 1. The number of fused-ring (bicyclic) bond motifs is 1. The molecule has 19 heavy (non-hydrogen) atoms. The van der Waals surface area contributed by atoms with Crippen LogP contribution in [0.1, 0.15) is 5.56 Å². The van der Waals surface area contributed by atoms with Gasteiger partial charge in [-0.15, -0.1) is 0 Å². The molecule has 1 saturated heterocycles. The second-order valence-electron chi connectivity index (χ2n) is 3.91. The molecule has 2 amide bonds. The molecular formula is C12H8N2O4S. The molecule has 1 fully saturated rings. The Kier molecular flexibility index (Phi) is 2.68. The third-order valence-electron chi connectivity index (χ3n) is 2.65. The zero-order valence-corrected chi connectivity index (χ0v) is 10.4. The second kappa shape index (κ2) is 4.36. The third kappa shape index (κ3) is 2.15. The molecule has 0 aromatic heterocycles. The van der Waals surface area contributed by atoms with Crippen molar-refractivity contribution in [2.45, 2.75) is 0 Å². The maximum absolute atomic E-state index is 11.7. The third-order valence-corrected chi connectivity index (χ3v) is 2.86. The van der Waals surface area contributed by atoms with Gasteiger partial charge in [0.15, 0.2) is 16.6 Å². The molecule has 2 heterocycles. The minimum absolute atomic E-state index is 0.00698. The lowest BCUT2D eigenvalue weighted by Gasteiger charge is -2.16. The van der Waals surface area contributed by atoms with Crippen LogP contribution < -0.4 is 20.1 Å². The lowest BCUT2D eigenvalue weighted by atomic mass is 10.1. The molecule has 2 aliphatic heterocycles. The number of hydrogen-bond donors (Lipinski definition) is 2. The highest BCUT2D eigenvalue weighted by Crippen LogP contribution is 2.33. The van der Waals surface area contributed by atoms with Gasteiger partial charge in [0.2, 0.25) is 6.79 Å². The van der Waals surface area contributed by atoms with Gasteiger partial charge < -0.3 is 9.47 Å². The van der Waals surface area contributed by atoms with Gasteiger partial charge in [0, 0.05) is 0 Å². The van der Waals surface area contributed by atoms with Gasteiger partial charge in [-0.1, -0.05) is 6.07 Å². The first-order chi connectivity index (χ1) is 9.13. The molecule has 2 aliphatic rings. The number of amides is 2. The normalized spacial score (nSPS) is 17.1. The molecule has 0 saturated carbocycles. The van der Waals surface area contributed by atoms with E-state index >= 15 is 0 Å². The van der Waals surface area contributed by atoms with Gasteiger partial charge in [0.05, 0.1) is 0 Å². The maximum Gasteiger partial charge on any atom is 0.263 e. The van der Waals surface area contributed by atoms with Crippen molar-refractivity contribution in [1.29, 1.82) is 0 Å². The summed E-state index contributed by atoms with van der Waals surface area (Å²) >= 11 is 4.71. The van der Waals surface area contributed by atoms with Gasteiger partial charge in [-0.25, -0.2) is 0 Å². The smallest absolute Gasteiger partial charge is 0.263 e.